The molecule has 0 aliphatic rings. The molecule has 0 fully saturated rings. The molecule has 0 spiro atoms. The summed E-state index contributed by atoms with van der Waals surface area (Å²) in [5, 5.41) is 3.35. The van der Waals surface area contributed by atoms with Crippen molar-refractivity contribution in [1.29, 1.82) is 0 Å². The van der Waals surface area contributed by atoms with E-state index in [0.29, 0.717) is 12.3 Å². The van der Waals surface area contributed by atoms with Gasteiger partial charge in [-0.15, -0.1) is 0 Å². The summed E-state index contributed by atoms with van der Waals surface area (Å²) in [5.74, 6) is 1.60. The molecule has 0 aromatic heterocycles. The first-order chi connectivity index (χ1) is 10.2. The molecule has 21 heavy (non-hydrogen) atoms. The first-order valence-electron chi connectivity index (χ1n) is 7.12. The number of nitrogens with one attached hydrogen (secondary N) is 1. The molecule has 0 amide bonds. The Hall–Kier alpha value is -2.36. The first-order valence-corrected chi connectivity index (χ1v) is 7.12. The van der Waals surface area contributed by atoms with E-state index in [9.17, 15) is 0 Å². The van der Waals surface area contributed by atoms with Crippen molar-refractivity contribution in [3.8, 4) is 11.5 Å². The van der Waals surface area contributed by atoms with E-state index >= 15 is 0 Å². The summed E-state index contributed by atoms with van der Waals surface area (Å²) in [4.78, 5) is 0. The topological polar surface area (TPSA) is 56.5 Å². The number of anilines is 2. The number of rotatable bonds is 7. The summed E-state index contributed by atoms with van der Waals surface area (Å²) in [6.07, 6.45) is 0.919. The van der Waals surface area contributed by atoms with E-state index in [1.54, 1.807) is 7.11 Å². The van der Waals surface area contributed by atoms with E-state index in [-0.39, 0.29) is 0 Å². The minimum absolute atomic E-state index is 0.611. The Morgan fingerprint density at radius 2 is 1.86 bits per heavy atom. The van der Waals surface area contributed by atoms with Crippen LogP contribution in [0.2, 0.25) is 0 Å². The van der Waals surface area contributed by atoms with Crippen molar-refractivity contribution >= 4 is 11.4 Å². The van der Waals surface area contributed by atoms with Gasteiger partial charge in [-0.05, 0) is 43.2 Å². The van der Waals surface area contributed by atoms with E-state index in [4.69, 9.17) is 15.2 Å². The van der Waals surface area contributed by atoms with Gasteiger partial charge in [-0.2, -0.15) is 0 Å². The zero-order valence-corrected chi connectivity index (χ0v) is 12.6. The van der Waals surface area contributed by atoms with E-state index in [1.165, 1.54) is 5.56 Å². The minimum Gasteiger partial charge on any atom is -0.497 e. The molecule has 2 aromatic carbocycles. The fourth-order valence-electron chi connectivity index (χ4n) is 2.11. The third-order valence-electron chi connectivity index (χ3n) is 3.25. The van der Waals surface area contributed by atoms with Gasteiger partial charge in [0.2, 0.25) is 0 Å². The fourth-order valence-corrected chi connectivity index (χ4v) is 2.11. The second kappa shape index (κ2) is 7.43. The standard InChI is InChI=1S/C17H22N2O2/c1-3-21-16-6-4-5-15(17(16)18)19-12-11-13-7-9-14(20-2)10-8-13/h4-10,19H,3,11-12,18H2,1-2H3. The minimum atomic E-state index is 0.611. The van der Waals surface area contributed by atoms with Gasteiger partial charge in [-0.3, -0.25) is 0 Å². The Morgan fingerprint density at radius 3 is 2.52 bits per heavy atom. The summed E-state index contributed by atoms with van der Waals surface area (Å²) in [6.45, 7) is 3.37. The molecule has 0 aliphatic heterocycles. The molecule has 0 heterocycles. The molecule has 112 valence electrons. The molecule has 3 N–H and O–H groups in total. The zero-order chi connectivity index (χ0) is 15.1. The van der Waals surface area contributed by atoms with Crippen LogP contribution >= 0.6 is 0 Å². The third-order valence-corrected chi connectivity index (χ3v) is 3.25. The monoisotopic (exact) mass is 286 g/mol. The molecule has 0 unspecified atom stereocenters. The molecule has 0 saturated heterocycles. The van der Waals surface area contributed by atoms with Gasteiger partial charge in [0.15, 0.2) is 0 Å². The van der Waals surface area contributed by atoms with Crippen molar-refractivity contribution in [1.82, 2.24) is 0 Å². The Labute approximate surface area is 125 Å². The highest BCUT2D eigenvalue weighted by atomic mass is 16.5. The van der Waals surface area contributed by atoms with E-state index in [1.807, 2.05) is 37.3 Å². The number of benzene rings is 2. The molecule has 0 aliphatic carbocycles. The van der Waals surface area contributed by atoms with E-state index in [0.717, 1.165) is 30.2 Å². The molecule has 2 rings (SSSR count). The van der Waals surface area contributed by atoms with Gasteiger partial charge in [0, 0.05) is 6.54 Å². The highest BCUT2D eigenvalue weighted by Gasteiger charge is 2.05. The number of nitrogen functional groups attached to an aromatic ring is 1. The van der Waals surface area contributed by atoms with Crippen LogP contribution in [0.4, 0.5) is 11.4 Å². The van der Waals surface area contributed by atoms with Crippen LogP contribution in [0.1, 0.15) is 12.5 Å². The fraction of sp³-hybridized carbons (Fsp3) is 0.294. The summed E-state index contributed by atoms with van der Waals surface area (Å²) < 4.78 is 10.6. The first kappa shape index (κ1) is 15.0. The number of hydrogen-bond acceptors (Lipinski definition) is 4. The van der Waals surface area contributed by atoms with Crippen LogP contribution in [0.5, 0.6) is 11.5 Å². The maximum atomic E-state index is 6.08. The molecule has 4 heteroatoms. The maximum Gasteiger partial charge on any atom is 0.144 e. The lowest BCUT2D eigenvalue weighted by molar-refractivity contribution is 0.342. The van der Waals surface area contributed by atoms with Crippen molar-refractivity contribution in [3.05, 3.63) is 48.0 Å². The van der Waals surface area contributed by atoms with Crippen LogP contribution < -0.4 is 20.5 Å². The highest BCUT2D eigenvalue weighted by molar-refractivity contribution is 5.72. The number of hydrogen-bond donors (Lipinski definition) is 2. The summed E-state index contributed by atoms with van der Waals surface area (Å²) >= 11 is 0. The van der Waals surface area contributed by atoms with Crippen LogP contribution in [0, 0.1) is 0 Å². The third kappa shape index (κ3) is 4.05. The molecule has 2 aromatic rings. The molecular formula is C17H22N2O2. The summed E-state index contributed by atoms with van der Waals surface area (Å²) in [6, 6.07) is 13.9. The van der Waals surface area contributed by atoms with Gasteiger partial charge in [0.25, 0.3) is 0 Å². The Bertz CT molecular complexity index is 568. The summed E-state index contributed by atoms with van der Waals surface area (Å²) in [7, 11) is 1.67. The average molecular weight is 286 g/mol. The smallest absolute Gasteiger partial charge is 0.144 e. The molecule has 0 bridgehead atoms. The van der Waals surface area contributed by atoms with Gasteiger partial charge in [0.05, 0.1) is 25.1 Å². The van der Waals surface area contributed by atoms with Crippen molar-refractivity contribution < 1.29 is 9.47 Å². The van der Waals surface area contributed by atoms with Crippen LogP contribution in [0.15, 0.2) is 42.5 Å². The lowest BCUT2D eigenvalue weighted by Gasteiger charge is -2.13. The Morgan fingerprint density at radius 1 is 1.10 bits per heavy atom. The maximum absolute atomic E-state index is 6.08. The Kier molecular flexibility index (Phi) is 5.32. The highest BCUT2D eigenvalue weighted by Crippen LogP contribution is 2.29. The predicted octanol–water partition coefficient (Wildman–Crippen LogP) is 3.33. The van der Waals surface area contributed by atoms with Gasteiger partial charge in [-0.1, -0.05) is 18.2 Å². The second-order valence-corrected chi connectivity index (χ2v) is 4.68. The van der Waals surface area contributed by atoms with Gasteiger partial charge in [-0.25, -0.2) is 0 Å². The van der Waals surface area contributed by atoms with E-state index in [2.05, 4.69) is 17.4 Å². The lowest BCUT2D eigenvalue weighted by atomic mass is 10.1. The number of nitrogens with two attached hydrogens (primary N) is 1. The Balaban J connectivity index is 1.92. The normalized spacial score (nSPS) is 10.2. The van der Waals surface area contributed by atoms with E-state index < -0.39 is 0 Å². The SMILES string of the molecule is CCOc1cccc(NCCc2ccc(OC)cc2)c1N. The molecular weight excluding hydrogens is 264 g/mol. The predicted molar refractivity (Wildman–Crippen MR) is 87.2 cm³/mol. The molecule has 4 nitrogen and oxygen atoms in total. The second-order valence-electron chi connectivity index (χ2n) is 4.68. The zero-order valence-electron chi connectivity index (χ0n) is 12.6. The van der Waals surface area contributed by atoms with Crippen molar-refractivity contribution in [2.24, 2.45) is 0 Å². The van der Waals surface area contributed by atoms with Crippen molar-refractivity contribution in [3.63, 3.8) is 0 Å². The largest absolute Gasteiger partial charge is 0.497 e. The van der Waals surface area contributed by atoms with Crippen LogP contribution in [0.25, 0.3) is 0 Å². The van der Waals surface area contributed by atoms with Gasteiger partial charge < -0.3 is 20.5 Å². The average Bonchev–Trinajstić information content (AvgIpc) is 2.52. The number of ether oxygens (including phenoxy) is 2. The quantitative estimate of drug-likeness (QED) is 0.767. The van der Waals surface area contributed by atoms with Gasteiger partial charge in [0.1, 0.15) is 11.5 Å². The van der Waals surface area contributed by atoms with Crippen LogP contribution in [-0.4, -0.2) is 20.3 Å². The summed E-state index contributed by atoms with van der Waals surface area (Å²) in [5.41, 5.74) is 8.91. The van der Waals surface area contributed by atoms with Crippen LogP contribution in [-0.2, 0) is 6.42 Å². The van der Waals surface area contributed by atoms with Gasteiger partial charge >= 0.3 is 0 Å². The molecule has 0 saturated carbocycles. The lowest BCUT2D eigenvalue weighted by Crippen LogP contribution is -2.08. The number of methoxy groups -OCH3 is 1. The number of para-hydroxylation sites is 1. The van der Waals surface area contributed by atoms with Crippen molar-refractivity contribution in [2.45, 2.75) is 13.3 Å². The van der Waals surface area contributed by atoms with Crippen LogP contribution in [0.3, 0.4) is 0 Å². The molecule has 0 atom stereocenters. The molecule has 0 radical (unpaired) electrons. The van der Waals surface area contributed by atoms with Crippen molar-refractivity contribution in [2.75, 3.05) is 31.3 Å².